The van der Waals surface area contributed by atoms with Gasteiger partial charge < -0.3 is 30.8 Å². The first-order valence-electron chi connectivity index (χ1n) is 4.69. The molecule has 1 rings (SSSR count). The van der Waals surface area contributed by atoms with Gasteiger partial charge in [-0.2, -0.15) is 0 Å². The Bertz CT molecular complexity index is 187. The van der Waals surface area contributed by atoms with Gasteiger partial charge in [-0.25, -0.2) is 4.39 Å². The van der Waals surface area contributed by atoms with Crippen LogP contribution in [-0.2, 0) is 0 Å². The predicted molar refractivity (Wildman–Crippen MR) is 47.8 cm³/mol. The Morgan fingerprint density at radius 2 is 1.53 bits per heavy atom. The molecule has 0 aromatic rings. The Morgan fingerprint density at radius 1 is 1.07 bits per heavy atom. The van der Waals surface area contributed by atoms with Gasteiger partial charge in [-0.1, -0.05) is 0 Å². The van der Waals surface area contributed by atoms with E-state index in [1.807, 2.05) is 0 Å². The molecule has 0 amide bonds. The molecule has 0 aromatic carbocycles. The molecule has 1 aliphatic rings. The summed E-state index contributed by atoms with van der Waals surface area (Å²) < 4.78 is 13.4. The van der Waals surface area contributed by atoms with Crippen molar-refractivity contribution >= 4 is 0 Å². The first kappa shape index (κ1) is 12.8. The van der Waals surface area contributed by atoms with Crippen LogP contribution in [0.4, 0.5) is 4.39 Å². The summed E-state index contributed by atoms with van der Waals surface area (Å²) in [5.74, 6) is 0. The van der Waals surface area contributed by atoms with Crippen LogP contribution in [0.1, 0.15) is 0 Å². The topological polar surface area (TPSA) is 113 Å². The lowest BCUT2D eigenvalue weighted by atomic mass is 10.0. The van der Waals surface area contributed by atoms with E-state index in [2.05, 4.69) is 5.32 Å². The van der Waals surface area contributed by atoms with Crippen molar-refractivity contribution in [2.75, 3.05) is 13.2 Å². The molecule has 7 heteroatoms. The molecule has 0 unspecified atom stereocenters. The zero-order chi connectivity index (χ0) is 11.6. The fourth-order valence-electron chi connectivity index (χ4n) is 1.71. The minimum Gasteiger partial charge on any atom is -0.394 e. The second kappa shape index (κ2) is 5.15. The van der Waals surface area contributed by atoms with Crippen LogP contribution in [0.3, 0.4) is 0 Å². The van der Waals surface area contributed by atoms with Gasteiger partial charge in [-0.15, -0.1) is 0 Å². The minimum absolute atomic E-state index is 0.622. The number of hydrogen-bond acceptors (Lipinski definition) is 6. The molecule has 0 saturated carbocycles. The molecule has 0 spiro atoms. The molecular weight excluding hydrogens is 209 g/mol. The van der Waals surface area contributed by atoms with E-state index in [9.17, 15) is 19.7 Å². The van der Waals surface area contributed by atoms with Crippen molar-refractivity contribution in [3.63, 3.8) is 0 Å². The maximum Gasteiger partial charge on any atom is 0.145 e. The van der Waals surface area contributed by atoms with Crippen LogP contribution >= 0.6 is 0 Å². The van der Waals surface area contributed by atoms with Gasteiger partial charge in [-0.3, -0.25) is 0 Å². The molecule has 0 aromatic heterocycles. The molecular formula is C8H16FNO5. The number of aliphatic hydroxyl groups is 5. The van der Waals surface area contributed by atoms with E-state index < -0.39 is 49.8 Å². The second-order valence-corrected chi connectivity index (χ2v) is 3.65. The summed E-state index contributed by atoms with van der Waals surface area (Å²) in [5.41, 5.74) is 0. The Morgan fingerprint density at radius 3 is 2.00 bits per heavy atom. The second-order valence-electron chi connectivity index (χ2n) is 3.65. The summed E-state index contributed by atoms with van der Waals surface area (Å²) in [6, 6.07) is -2.19. The lowest BCUT2D eigenvalue weighted by Crippen LogP contribution is -2.48. The Hall–Kier alpha value is -0.310. The number of halogens is 1. The number of hydrogen-bond donors (Lipinski definition) is 6. The number of alkyl halides is 1. The lowest BCUT2D eigenvalue weighted by molar-refractivity contribution is 0.00447. The molecule has 15 heavy (non-hydrogen) atoms. The molecule has 6 atom stereocenters. The fourth-order valence-corrected chi connectivity index (χ4v) is 1.71. The molecule has 6 N–H and O–H groups in total. The quantitative estimate of drug-likeness (QED) is 0.299. The van der Waals surface area contributed by atoms with Crippen LogP contribution in [0.25, 0.3) is 0 Å². The van der Waals surface area contributed by atoms with Gasteiger partial charge in [0.05, 0.1) is 37.5 Å². The van der Waals surface area contributed by atoms with E-state index in [1.165, 1.54) is 0 Å². The average molecular weight is 225 g/mol. The van der Waals surface area contributed by atoms with Gasteiger partial charge in [0.15, 0.2) is 0 Å². The van der Waals surface area contributed by atoms with Crippen LogP contribution in [0.15, 0.2) is 0 Å². The molecule has 1 saturated heterocycles. The van der Waals surface area contributed by atoms with Gasteiger partial charge in [0.2, 0.25) is 0 Å². The SMILES string of the molecule is OC[C@@H](O)[C@@H]1N[C@@H]([C@@H](O)CO)[C@H](O)[C@H]1F. The molecule has 1 aliphatic heterocycles. The van der Waals surface area contributed by atoms with Gasteiger partial charge in [0.25, 0.3) is 0 Å². The summed E-state index contributed by atoms with van der Waals surface area (Å²) in [7, 11) is 0. The summed E-state index contributed by atoms with van der Waals surface area (Å²) in [4.78, 5) is 0. The van der Waals surface area contributed by atoms with Crippen LogP contribution < -0.4 is 5.32 Å². The van der Waals surface area contributed by atoms with Crippen LogP contribution in [0, 0.1) is 0 Å². The van der Waals surface area contributed by atoms with Crippen LogP contribution in [-0.4, -0.2) is 75.3 Å². The normalized spacial score (nSPS) is 40.4. The maximum atomic E-state index is 13.4. The Balaban J connectivity index is 2.67. The van der Waals surface area contributed by atoms with Crippen LogP contribution in [0.5, 0.6) is 0 Å². The smallest absolute Gasteiger partial charge is 0.145 e. The van der Waals surface area contributed by atoms with Crippen molar-refractivity contribution in [3.05, 3.63) is 0 Å². The van der Waals surface area contributed by atoms with Crippen molar-refractivity contribution in [1.29, 1.82) is 0 Å². The minimum atomic E-state index is -1.79. The monoisotopic (exact) mass is 225 g/mol. The third-order valence-corrected chi connectivity index (χ3v) is 2.63. The largest absolute Gasteiger partial charge is 0.394 e. The third-order valence-electron chi connectivity index (χ3n) is 2.63. The standard InChI is InChI=1S/C8H16FNO5/c9-5-6(3(13)1-11)10-7(8(5)15)4(14)2-12/h3-8,10-15H,1-2H2/t3-,4+,5+,6+,7+,8-/m1/s1. The predicted octanol–water partition coefficient (Wildman–Crippen LogP) is -3.27. The Labute approximate surface area is 86.0 Å². The summed E-state index contributed by atoms with van der Waals surface area (Å²) in [6.07, 6.45) is -5.98. The van der Waals surface area contributed by atoms with E-state index in [0.29, 0.717) is 0 Å². The van der Waals surface area contributed by atoms with E-state index in [1.54, 1.807) is 0 Å². The number of rotatable bonds is 4. The number of aliphatic hydroxyl groups excluding tert-OH is 5. The van der Waals surface area contributed by atoms with Crippen molar-refractivity contribution in [2.24, 2.45) is 0 Å². The van der Waals surface area contributed by atoms with Gasteiger partial charge >= 0.3 is 0 Å². The van der Waals surface area contributed by atoms with Crippen molar-refractivity contribution in [2.45, 2.75) is 36.6 Å². The Kier molecular flexibility index (Phi) is 4.38. The zero-order valence-electron chi connectivity index (χ0n) is 7.99. The fraction of sp³-hybridized carbons (Fsp3) is 1.00. The molecule has 1 fully saturated rings. The highest BCUT2D eigenvalue weighted by Gasteiger charge is 2.47. The highest BCUT2D eigenvalue weighted by atomic mass is 19.1. The molecule has 0 bridgehead atoms. The maximum absolute atomic E-state index is 13.4. The molecule has 0 radical (unpaired) electrons. The van der Waals surface area contributed by atoms with Gasteiger partial charge in [-0.05, 0) is 0 Å². The summed E-state index contributed by atoms with van der Waals surface area (Å²) >= 11 is 0. The van der Waals surface area contributed by atoms with E-state index in [0.717, 1.165) is 0 Å². The number of nitrogens with one attached hydrogen (secondary N) is 1. The van der Waals surface area contributed by atoms with E-state index in [4.69, 9.17) is 10.2 Å². The molecule has 6 nitrogen and oxygen atoms in total. The highest BCUT2D eigenvalue weighted by Crippen LogP contribution is 2.22. The summed E-state index contributed by atoms with van der Waals surface area (Å²) in [6.45, 7) is -1.27. The lowest BCUT2D eigenvalue weighted by Gasteiger charge is -2.20. The first-order chi connectivity index (χ1) is 7.02. The zero-order valence-corrected chi connectivity index (χ0v) is 7.99. The van der Waals surface area contributed by atoms with E-state index >= 15 is 0 Å². The molecule has 1 heterocycles. The van der Waals surface area contributed by atoms with Gasteiger partial charge in [0.1, 0.15) is 12.3 Å². The van der Waals surface area contributed by atoms with Crippen molar-refractivity contribution < 1.29 is 29.9 Å². The van der Waals surface area contributed by atoms with Crippen LogP contribution in [0.2, 0.25) is 0 Å². The van der Waals surface area contributed by atoms with Crippen molar-refractivity contribution in [3.8, 4) is 0 Å². The molecule has 0 aliphatic carbocycles. The third kappa shape index (κ3) is 2.44. The first-order valence-corrected chi connectivity index (χ1v) is 4.69. The van der Waals surface area contributed by atoms with Crippen molar-refractivity contribution in [1.82, 2.24) is 5.32 Å². The van der Waals surface area contributed by atoms with E-state index in [-0.39, 0.29) is 0 Å². The highest BCUT2D eigenvalue weighted by molar-refractivity contribution is 5.03. The van der Waals surface area contributed by atoms with Gasteiger partial charge in [0, 0.05) is 0 Å². The average Bonchev–Trinajstić information content (AvgIpc) is 2.54. The molecule has 90 valence electrons. The summed E-state index contributed by atoms with van der Waals surface area (Å²) in [5, 5.41) is 47.5.